The van der Waals surface area contributed by atoms with Crippen molar-refractivity contribution in [2.75, 3.05) is 26.2 Å². The topological polar surface area (TPSA) is 40.5 Å². The van der Waals surface area contributed by atoms with Crippen LogP contribution in [0.5, 0.6) is 0 Å². The van der Waals surface area contributed by atoms with Crippen molar-refractivity contribution in [3.8, 4) is 0 Å². The largest absolute Gasteiger partial charge is 0.370 e. The quantitative estimate of drug-likeness (QED) is 0.835. The van der Waals surface area contributed by atoms with Crippen molar-refractivity contribution in [2.45, 2.75) is 19.9 Å². The molecular formula is C13H20N4. The fraction of sp³-hybridized carbons (Fsp3) is 0.538. The highest BCUT2D eigenvalue weighted by Crippen LogP contribution is 2.20. The van der Waals surface area contributed by atoms with E-state index in [4.69, 9.17) is 0 Å². The minimum atomic E-state index is 0.175. The Morgan fingerprint density at radius 2 is 2.18 bits per heavy atom. The Morgan fingerprint density at radius 1 is 1.35 bits per heavy atom. The van der Waals surface area contributed by atoms with E-state index in [1.54, 1.807) is 0 Å². The molecule has 0 spiro atoms. The van der Waals surface area contributed by atoms with Gasteiger partial charge in [-0.05, 0) is 25.2 Å². The maximum atomic E-state index is 4.55. The van der Waals surface area contributed by atoms with Crippen LogP contribution in [-0.2, 0) is 0 Å². The minimum absolute atomic E-state index is 0.175. The van der Waals surface area contributed by atoms with E-state index in [2.05, 4.69) is 40.1 Å². The Labute approximate surface area is 103 Å². The molecule has 4 nitrogen and oxygen atoms in total. The van der Waals surface area contributed by atoms with Gasteiger partial charge in [0.2, 0.25) is 0 Å². The second-order valence-corrected chi connectivity index (χ2v) is 4.07. The first-order valence-corrected chi connectivity index (χ1v) is 6.30. The van der Waals surface area contributed by atoms with Crippen LogP contribution in [0.4, 0.5) is 0 Å². The number of likely N-dealkylation sites (N-methyl/N-ethyl adjacent to an activating group) is 1. The van der Waals surface area contributed by atoms with Gasteiger partial charge in [-0.3, -0.25) is 14.9 Å². The second-order valence-electron chi connectivity index (χ2n) is 4.07. The molecule has 1 atom stereocenters. The van der Waals surface area contributed by atoms with Crippen LogP contribution in [0.1, 0.15) is 25.6 Å². The van der Waals surface area contributed by atoms with Gasteiger partial charge in [-0.2, -0.15) is 0 Å². The molecule has 4 heteroatoms. The van der Waals surface area contributed by atoms with Gasteiger partial charge in [0.1, 0.15) is 11.9 Å². The van der Waals surface area contributed by atoms with Gasteiger partial charge < -0.3 is 5.32 Å². The molecule has 2 heterocycles. The summed E-state index contributed by atoms with van der Waals surface area (Å²) in [6.07, 6.45) is 1.85. The highest BCUT2D eigenvalue weighted by Gasteiger charge is 2.26. The number of hydrogen-bond donors (Lipinski definition) is 1. The van der Waals surface area contributed by atoms with E-state index in [-0.39, 0.29) is 6.04 Å². The molecule has 0 aliphatic carbocycles. The van der Waals surface area contributed by atoms with E-state index >= 15 is 0 Å². The minimum Gasteiger partial charge on any atom is -0.370 e. The molecule has 17 heavy (non-hydrogen) atoms. The van der Waals surface area contributed by atoms with Gasteiger partial charge in [-0.15, -0.1) is 0 Å². The molecule has 0 radical (unpaired) electrons. The van der Waals surface area contributed by atoms with E-state index in [1.807, 2.05) is 18.3 Å². The summed E-state index contributed by atoms with van der Waals surface area (Å²) in [5.74, 6) is 1.06. The highest BCUT2D eigenvalue weighted by molar-refractivity contribution is 5.89. The van der Waals surface area contributed by atoms with E-state index in [1.165, 1.54) is 0 Å². The first kappa shape index (κ1) is 12.0. The van der Waals surface area contributed by atoms with Crippen LogP contribution in [0.3, 0.4) is 0 Å². The summed E-state index contributed by atoms with van der Waals surface area (Å²) >= 11 is 0. The summed E-state index contributed by atoms with van der Waals surface area (Å²) in [6.45, 7) is 8.17. The zero-order valence-corrected chi connectivity index (χ0v) is 10.6. The van der Waals surface area contributed by atoms with E-state index in [0.29, 0.717) is 0 Å². The van der Waals surface area contributed by atoms with Crippen LogP contribution in [0, 0.1) is 0 Å². The molecule has 2 rings (SSSR count). The summed E-state index contributed by atoms with van der Waals surface area (Å²) in [5, 5.41) is 3.37. The average Bonchev–Trinajstić information content (AvgIpc) is 2.90. The molecule has 1 N–H and O–H groups in total. The first-order chi connectivity index (χ1) is 8.36. The van der Waals surface area contributed by atoms with Gasteiger partial charge in [0, 0.05) is 12.7 Å². The lowest BCUT2D eigenvalue weighted by Gasteiger charge is -2.29. The summed E-state index contributed by atoms with van der Waals surface area (Å²) in [7, 11) is 0. The van der Waals surface area contributed by atoms with Crippen molar-refractivity contribution in [3.05, 3.63) is 30.1 Å². The summed E-state index contributed by atoms with van der Waals surface area (Å²) in [4.78, 5) is 11.4. The predicted molar refractivity (Wildman–Crippen MR) is 70.2 cm³/mol. The van der Waals surface area contributed by atoms with Crippen LogP contribution in [-0.4, -0.2) is 41.9 Å². The Morgan fingerprint density at radius 3 is 2.71 bits per heavy atom. The zero-order chi connectivity index (χ0) is 12.1. The van der Waals surface area contributed by atoms with Crippen molar-refractivity contribution < 1.29 is 0 Å². The van der Waals surface area contributed by atoms with Crippen molar-refractivity contribution in [3.63, 3.8) is 0 Å². The fourth-order valence-electron chi connectivity index (χ4n) is 2.23. The third kappa shape index (κ3) is 2.64. The summed E-state index contributed by atoms with van der Waals surface area (Å²) in [6, 6.07) is 6.24. The Kier molecular flexibility index (Phi) is 4.09. The molecule has 1 aliphatic heterocycles. The number of aromatic nitrogens is 1. The fourth-order valence-corrected chi connectivity index (χ4v) is 2.23. The summed E-state index contributed by atoms with van der Waals surface area (Å²) in [5.41, 5.74) is 1.07. The molecular weight excluding hydrogens is 212 g/mol. The van der Waals surface area contributed by atoms with Crippen LogP contribution in [0.15, 0.2) is 29.4 Å². The molecule has 1 aromatic heterocycles. The van der Waals surface area contributed by atoms with Gasteiger partial charge in [0.05, 0.1) is 12.2 Å². The van der Waals surface area contributed by atoms with Crippen LogP contribution >= 0.6 is 0 Å². The predicted octanol–water partition coefficient (Wildman–Crippen LogP) is 1.47. The van der Waals surface area contributed by atoms with E-state index in [0.717, 1.165) is 37.7 Å². The number of pyridine rings is 1. The molecule has 0 saturated carbocycles. The lowest BCUT2D eigenvalue weighted by Crippen LogP contribution is -2.39. The van der Waals surface area contributed by atoms with Crippen molar-refractivity contribution >= 4 is 5.84 Å². The van der Waals surface area contributed by atoms with Crippen LogP contribution in [0.25, 0.3) is 0 Å². The number of nitrogens with zero attached hydrogens (tertiary/aromatic N) is 3. The lowest BCUT2D eigenvalue weighted by atomic mass is 10.1. The van der Waals surface area contributed by atoms with Gasteiger partial charge in [-0.25, -0.2) is 0 Å². The second kappa shape index (κ2) is 5.77. The summed E-state index contributed by atoms with van der Waals surface area (Å²) < 4.78 is 0. The normalized spacial score (nSPS) is 16.8. The van der Waals surface area contributed by atoms with E-state index in [9.17, 15) is 0 Å². The van der Waals surface area contributed by atoms with Crippen LogP contribution in [0.2, 0.25) is 0 Å². The molecule has 92 valence electrons. The highest BCUT2D eigenvalue weighted by atomic mass is 15.2. The molecule has 1 aliphatic rings. The third-order valence-electron chi connectivity index (χ3n) is 3.10. The molecule has 0 bridgehead atoms. The lowest BCUT2D eigenvalue weighted by molar-refractivity contribution is 0.265. The van der Waals surface area contributed by atoms with Crippen LogP contribution < -0.4 is 5.32 Å². The average molecular weight is 232 g/mol. The van der Waals surface area contributed by atoms with E-state index < -0.39 is 0 Å². The monoisotopic (exact) mass is 232 g/mol. The number of aliphatic imine (C=N–C) groups is 1. The molecule has 0 amide bonds. The zero-order valence-electron chi connectivity index (χ0n) is 10.6. The van der Waals surface area contributed by atoms with Gasteiger partial charge >= 0.3 is 0 Å². The van der Waals surface area contributed by atoms with Crippen molar-refractivity contribution in [1.29, 1.82) is 0 Å². The number of amidine groups is 1. The Hall–Kier alpha value is -1.42. The smallest absolute Gasteiger partial charge is 0.120 e. The van der Waals surface area contributed by atoms with Crippen molar-refractivity contribution in [1.82, 2.24) is 15.2 Å². The molecule has 1 aromatic rings. The molecule has 0 saturated heterocycles. The third-order valence-corrected chi connectivity index (χ3v) is 3.10. The number of hydrogen-bond acceptors (Lipinski definition) is 4. The maximum absolute atomic E-state index is 4.55. The van der Waals surface area contributed by atoms with Gasteiger partial charge in [0.15, 0.2) is 0 Å². The maximum Gasteiger partial charge on any atom is 0.120 e. The molecule has 0 aromatic carbocycles. The Balaban J connectivity index is 2.29. The number of nitrogens with one attached hydrogen (secondary N) is 1. The number of rotatable bonds is 5. The molecule has 0 fully saturated rings. The van der Waals surface area contributed by atoms with Gasteiger partial charge in [0.25, 0.3) is 0 Å². The SMILES string of the molecule is CCN(CC)C(C1=NCCN1)c1ccccn1. The Bertz CT molecular complexity index is 370. The molecule has 1 unspecified atom stereocenters. The van der Waals surface area contributed by atoms with Crippen molar-refractivity contribution in [2.24, 2.45) is 4.99 Å². The standard InChI is InChI=1S/C13H20N4/c1-3-17(4-2)12(13-15-9-10-16-13)11-7-5-6-8-14-11/h5-8,12H,3-4,9-10H2,1-2H3,(H,15,16). The van der Waals surface area contributed by atoms with Gasteiger partial charge in [-0.1, -0.05) is 19.9 Å². The first-order valence-electron chi connectivity index (χ1n) is 6.30.